The number of methoxy groups -OCH3 is 1. The molecule has 7 nitrogen and oxygen atoms in total. The van der Waals surface area contributed by atoms with Crippen molar-refractivity contribution in [2.45, 2.75) is 13.8 Å². The number of amides is 2. The first-order chi connectivity index (χ1) is 12.9. The van der Waals surface area contributed by atoms with Gasteiger partial charge in [-0.25, -0.2) is 5.43 Å². The van der Waals surface area contributed by atoms with Crippen LogP contribution in [0, 0.1) is 0 Å². The summed E-state index contributed by atoms with van der Waals surface area (Å²) in [5, 5.41) is 6.61. The predicted molar refractivity (Wildman–Crippen MR) is 108 cm³/mol. The van der Waals surface area contributed by atoms with Gasteiger partial charge in [0.15, 0.2) is 11.5 Å². The second kappa shape index (κ2) is 9.72. The number of carbonyl (C=O) groups excluding carboxylic acids is 2. The van der Waals surface area contributed by atoms with E-state index in [0.717, 1.165) is 10.0 Å². The van der Waals surface area contributed by atoms with Gasteiger partial charge in [-0.3, -0.25) is 9.59 Å². The van der Waals surface area contributed by atoms with Gasteiger partial charge in [0.1, 0.15) is 0 Å². The standard InChI is InChI=1S/C19H20BrN3O4/c1-4-27-17-10-13(9-16(20)18(17)26-3)11-21-23-19(25)14-5-7-15(8-6-14)22-12(2)24/h5-11H,4H2,1-3H3,(H,22,24)(H,23,25). The maximum atomic E-state index is 12.1. The number of nitrogens with one attached hydrogen (secondary N) is 2. The van der Waals surface area contributed by atoms with Crippen molar-refractivity contribution < 1.29 is 19.1 Å². The van der Waals surface area contributed by atoms with Crippen molar-refractivity contribution in [2.24, 2.45) is 5.10 Å². The third kappa shape index (κ3) is 5.82. The number of hydrogen-bond acceptors (Lipinski definition) is 5. The molecule has 2 aromatic rings. The van der Waals surface area contributed by atoms with Gasteiger partial charge in [0.2, 0.25) is 5.91 Å². The van der Waals surface area contributed by atoms with E-state index in [-0.39, 0.29) is 11.8 Å². The Labute approximate surface area is 165 Å². The molecule has 0 atom stereocenters. The van der Waals surface area contributed by atoms with E-state index in [4.69, 9.17) is 9.47 Å². The van der Waals surface area contributed by atoms with Gasteiger partial charge in [-0.2, -0.15) is 5.10 Å². The van der Waals surface area contributed by atoms with Crippen molar-refractivity contribution in [1.82, 2.24) is 5.43 Å². The first-order valence-electron chi connectivity index (χ1n) is 8.16. The second-order valence-corrected chi connectivity index (χ2v) is 6.28. The van der Waals surface area contributed by atoms with E-state index < -0.39 is 0 Å². The molecule has 0 aliphatic carbocycles. The molecule has 0 bridgehead atoms. The van der Waals surface area contributed by atoms with E-state index in [2.05, 4.69) is 31.8 Å². The van der Waals surface area contributed by atoms with Gasteiger partial charge in [-0.1, -0.05) is 0 Å². The van der Waals surface area contributed by atoms with Crippen molar-refractivity contribution in [3.8, 4) is 11.5 Å². The summed E-state index contributed by atoms with van der Waals surface area (Å²) < 4.78 is 11.6. The fourth-order valence-corrected chi connectivity index (χ4v) is 2.88. The van der Waals surface area contributed by atoms with E-state index >= 15 is 0 Å². The number of ether oxygens (including phenoxy) is 2. The monoisotopic (exact) mass is 433 g/mol. The predicted octanol–water partition coefficient (Wildman–Crippen LogP) is 3.58. The quantitative estimate of drug-likeness (QED) is 0.515. The molecular formula is C19H20BrN3O4. The van der Waals surface area contributed by atoms with Gasteiger partial charge < -0.3 is 14.8 Å². The Morgan fingerprint density at radius 3 is 2.52 bits per heavy atom. The van der Waals surface area contributed by atoms with Crippen LogP contribution in [0.4, 0.5) is 5.69 Å². The van der Waals surface area contributed by atoms with Crippen LogP contribution in [0.2, 0.25) is 0 Å². The average Bonchev–Trinajstić information content (AvgIpc) is 2.62. The summed E-state index contributed by atoms with van der Waals surface area (Å²) in [6.07, 6.45) is 1.51. The zero-order valence-corrected chi connectivity index (χ0v) is 16.8. The topological polar surface area (TPSA) is 89.0 Å². The minimum atomic E-state index is -0.363. The van der Waals surface area contributed by atoms with Crippen LogP contribution in [-0.2, 0) is 4.79 Å². The average molecular weight is 434 g/mol. The third-order valence-corrected chi connectivity index (χ3v) is 3.97. The molecule has 2 aromatic carbocycles. The SMILES string of the molecule is CCOc1cc(C=NNC(=O)c2ccc(NC(C)=O)cc2)cc(Br)c1OC. The molecular weight excluding hydrogens is 414 g/mol. The van der Waals surface area contributed by atoms with Crippen LogP contribution in [0.1, 0.15) is 29.8 Å². The minimum Gasteiger partial charge on any atom is -0.492 e. The minimum absolute atomic E-state index is 0.172. The summed E-state index contributed by atoms with van der Waals surface area (Å²) in [5.74, 6) is 0.639. The van der Waals surface area contributed by atoms with Crippen molar-refractivity contribution in [3.05, 3.63) is 52.0 Å². The van der Waals surface area contributed by atoms with Crippen molar-refractivity contribution in [3.63, 3.8) is 0 Å². The van der Waals surface area contributed by atoms with Gasteiger partial charge in [-0.15, -0.1) is 0 Å². The first-order valence-corrected chi connectivity index (χ1v) is 8.95. The maximum Gasteiger partial charge on any atom is 0.271 e. The molecule has 0 heterocycles. The van der Waals surface area contributed by atoms with Crippen LogP contribution < -0.4 is 20.2 Å². The van der Waals surface area contributed by atoms with E-state index in [1.807, 2.05) is 6.92 Å². The highest BCUT2D eigenvalue weighted by Crippen LogP contribution is 2.36. The molecule has 2 N–H and O–H groups in total. The summed E-state index contributed by atoms with van der Waals surface area (Å²) >= 11 is 3.43. The first kappa shape index (κ1) is 20.4. The molecule has 8 heteroatoms. The van der Waals surface area contributed by atoms with E-state index in [1.165, 1.54) is 13.1 Å². The molecule has 0 saturated carbocycles. The molecule has 0 fully saturated rings. The number of hydrazone groups is 1. The Morgan fingerprint density at radius 1 is 1.22 bits per heavy atom. The van der Waals surface area contributed by atoms with Crippen LogP contribution in [0.25, 0.3) is 0 Å². The summed E-state index contributed by atoms with van der Waals surface area (Å²) in [5.41, 5.74) is 4.23. The zero-order chi connectivity index (χ0) is 19.8. The molecule has 0 aliphatic heterocycles. The van der Waals surface area contributed by atoms with E-state index in [9.17, 15) is 9.59 Å². The fraction of sp³-hybridized carbons (Fsp3) is 0.211. The Balaban J connectivity index is 2.06. The molecule has 27 heavy (non-hydrogen) atoms. The van der Waals surface area contributed by atoms with Gasteiger partial charge in [-0.05, 0) is 64.8 Å². The number of halogens is 1. The second-order valence-electron chi connectivity index (χ2n) is 5.42. The Bertz CT molecular complexity index is 851. The highest BCUT2D eigenvalue weighted by Gasteiger charge is 2.10. The lowest BCUT2D eigenvalue weighted by Crippen LogP contribution is -2.17. The van der Waals surface area contributed by atoms with E-state index in [0.29, 0.717) is 29.4 Å². The third-order valence-electron chi connectivity index (χ3n) is 3.38. The lowest BCUT2D eigenvalue weighted by molar-refractivity contribution is -0.114. The summed E-state index contributed by atoms with van der Waals surface area (Å²) in [6, 6.07) is 10.1. The van der Waals surface area contributed by atoms with Gasteiger partial charge >= 0.3 is 0 Å². The summed E-state index contributed by atoms with van der Waals surface area (Å²) in [7, 11) is 1.56. The summed E-state index contributed by atoms with van der Waals surface area (Å²) in [6.45, 7) is 3.80. The van der Waals surface area contributed by atoms with Crippen LogP contribution >= 0.6 is 15.9 Å². The lowest BCUT2D eigenvalue weighted by atomic mass is 10.2. The Morgan fingerprint density at radius 2 is 1.93 bits per heavy atom. The molecule has 0 radical (unpaired) electrons. The number of rotatable bonds is 7. The lowest BCUT2D eigenvalue weighted by Gasteiger charge is -2.11. The fourth-order valence-electron chi connectivity index (χ4n) is 2.26. The number of anilines is 1. The van der Waals surface area contributed by atoms with Crippen LogP contribution in [0.3, 0.4) is 0 Å². The molecule has 0 unspecified atom stereocenters. The number of nitrogens with zero attached hydrogens (tertiary/aromatic N) is 1. The number of carbonyl (C=O) groups is 2. The highest BCUT2D eigenvalue weighted by atomic mass is 79.9. The molecule has 2 amide bonds. The number of hydrogen-bond donors (Lipinski definition) is 2. The van der Waals surface area contributed by atoms with Crippen molar-refractivity contribution in [1.29, 1.82) is 0 Å². The molecule has 0 aromatic heterocycles. The van der Waals surface area contributed by atoms with Crippen LogP contribution in [0.15, 0.2) is 46.0 Å². The molecule has 0 saturated heterocycles. The van der Waals surface area contributed by atoms with Crippen molar-refractivity contribution in [2.75, 3.05) is 19.0 Å². The van der Waals surface area contributed by atoms with Gasteiger partial charge in [0.25, 0.3) is 5.91 Å². The van der Waals surface area contributed by atoms with Gasteiger partial charge in [0.05, 0.1) is 24.4 Å². The zero-order valence-electron chi connectivity index (χ0n) is 15.2. The number of benzene rings is 2. The molecule has 2 rings (SSSR count). The summed E-state index contributed by atoms with van der Waals surface area (Å²) in [4.78, 5) is 23.1. The Hall–Kier alpha value is -2.87. The largest absolute Gasteiger partial charge is 0.492 e. The van der Waals surface area contributed by atoms with Crippen LogP contribution in [0.5, 0.6) is 11.5 Å². The van der Waals surface area contributed by atoms with E-state index in [1.54, 1.807) is 43.5 Å². The smallest absolute Gasteiger partial charge is 0.271 e. The van der Waals surface area contributed by atoms with Crippen LogP contribution in [-0.4, -0.2) is 31.7 Å². The molecule has 0 aliphatic rings. The van der Waals surface area contributed by atoms with Gasteiger partial charge in [0, 0.05) is 18.2 Å². The molecule has 142 valence electrons. The van der Waals surface area contributed by atoms with Crippen molar-refractivity contribution >= 4 is 39.6 Å². The maximum absolute atomic E-state index is 12.1. The Kier molecular flexibility index (Phi) is 7.36. The molecule has 0 spiro atoms. The normalized spacial score (nSPS) is 10.5. The highest BCUT2D eigenvalue weighted by molar-refractivity contribution is 9.10.